The van der Waals surface area contributed by atoms with Crippen LogP contribution in [0.5, 0.6) is 5.75 Å². The Hall–Kier alpha value is -2.77. The van der Waals surface area contributed by atoms with E-state index in [0.717, 1.165) is 0 Å². The summed E-state index contributed by atoms with van der Waals surface area (Å²) < 4.78 is 5.71. The van der Waals surface area contributed by atoms with E-state index in [4.69, 9.17) is 4.74 Å². The van der Waals surface area contributed by atoms with Crippen molar-refractivity contribution in [2.45, 2.75) is 27.7 Å². The van der Waals surface area contributed by atoms with E-state index in [1.54, 1.807) is 17.0 Å². The highest BCUT2D eigenvalue weighted by Crippen LogP contribution is 2.17. The van der Waals surface area contributed by atoms with Crippen LogP contribution in [0.4, 0.5) is 5.69 Å². The van der Waals surface area contributed by atoms with Crippen molar-refractivity contribution in [3.63, 3.8) is 0 Å². The first-order chi connectivity index (χ1) is 13.4. The van der Waals surface area contributed by atoms with Crippen LogP contribution in [0.1, 0.15) is 27.7 Å². The van der Waals surface area contributed by atoms with E-state index in [0.29, 0.717) is 50.2 Å². The second kappa shape index (κ2) is 12.6. The molecule has 0 aromatic heterocycles. The third-order valence-electron chi connectivity index (χ3n) is 3.96. The van der Waals surface area contributed by atoms with Crippen LogP contribution in [-0.4, -0.2) is 74.0 Å². The number of amides is 2. The number of anilines is 1. The van der Waals surface area contributed by atoms with E-state index in [1.165, 1.54) is 6.92 Å². The lowest BCUT2D eigenvalue weighted by Gasteiger charge is -2.25. The minimum atomic E-state index is -0.126. The van der Waals surface area contributed by atoms with Crippen molar-refractivity contribution < 1.29 is 14.3 Å². The molecule has 1 aromatic carbocycles. The van der Waals surface area contributed by atoms with Crippen molar-refractivity contribution in [3.8, 4) is 5.75 Å². The smallest absolute Gasteiger partial charge is 0.242 e. The van der Waals surface area contributed by atoms with Gasteiger partial charge < -0.3 is 25.2 Å². The average Bonchev–Trinajstić information content (AvgIpc) is 2.65. The van der Waals surface area contributed by atoms with Gasteiger partial charge in [0.05, 0.1) is 13.1 Å². The quantitative estimate of drug-likeness (QED) is 0.361. The summed E-state index contributed by atoms with van der Waals surface area (Å²) in [6.45, 7) is 10.6. The Morgan fingerprint density at radius 1 is 1.18 bits per heavy atom. The first-order valence-corrected chi connectivity index (χ1v) is 9.68. The zero-order chi connectivity index (χ0) is 20.9. The number of carbonyl (C=O) groups excluding carboxylic acids is 2. The number of nitrogens with zero attached hydrogens (tertiary/aromatic N) is 3. The topological polar surface area (TPSA) is 86.3 Å². The standard InChI is InChI=1S/C20H33N5O3/c1-6-21-20(24(5)15-19(27)25(7-2)8-3)22-12-13-28-18-11-9-10-17(14-18)23-16(4)26/h9-11,14H,6-8,12-13,15H2,1-5H3,(H,21,22)(H,23,26). The van der Waals surface area contributed by atoms with Crippen molar-refractivity contribution in [2.24, 2.45) is 4.99 Å². The van der Waals surface area contributed by atoms with Gasteiger partial charge in [0, 0.05) is 45.4 Å². The molecule has 1 rings (SSSR count). The fourth-order valence-electron chi connectivity index (χ4n) is 2.61. The molecule has 0 aliphatic heterocycles. The van der Waals surface area contributed by atoms with Gasteiger partial charge in [0.2, 0.25) is 11.8 Å². The van der Waals surface area contributed by atoms with Crippen molar-refractivity contribution in [3.05, 3.63) is 24.3 Å². The lowest BCUT2D eigenvalue weighted by Crippen LogP contribution is -2.45. The van der Waals surface area contributed by atoms with Crippen LogP contribution < -0.4 is 15.4 Å². The summed E-state index contributed by atoms with van der Waals surface area (Å²) in [6, 6.07) is 7.22. The summed E-state index contributed by atoms with van der Waals surface area (Å²) in [5, 5.41) is 5.92. The van der Waals surface area contributed by atoms with Crippen LogP contribution in [-0.2, 0) is 9.59 Å². The number of benzene rings is 1. The highest BCUT2D eigenvalue weighted by Gasteiger charge is 2.14. The average molecular weight is 392 g/mol. The fraction of sp³-hybridized carbons (Fsp3) is 0.550. The predicted molar refractivity (Wildman–Crippen MR) is 113 cm³/mol. The van der Waals surface area contributed by atoms with Crippen LogP contribution in [0.3, 0.4) is 0 Å². The normalized spacial score (nSPS) is 11.0. The van der Waals surface area contributed by atoms with E-state index in [2.05, 4.69) is 15.6 Å². The number of nitrogens with one attached hydrogen (secondary N) is 2. The van der Waals surface area contributed by atoms with Gasteiger partial charge in [-0.25, -0.2) is 4.99 Å². The molecule has 0 unspecified atom stereocenters. The van der Waals surface area contributed by atoms with Crippen LogP contribution >= 0.6 is 0 Å². The van der Waals surface area contributed by atoms with Crippen molar-refractivity contribution >= 4 is 23.5 Å². The number of hydrogen-bond donors (Lipinski definition) is 2. The second-order valence-corrected chi connectivity index (χ2v) is 6.22. The number of guanidine groups is 1. The van der Waals surface area contributed by atoms with Gasteiger partial charge in [-0.15, -0.1) is 0 Å². The molecule has 2 amide bonds. The van der Waals surface area contributed by atoms with Crippen LogP contribution in [0, 0.1) is 0 Å². The molecular weight excluding hydrogens is 358 g/mol. The molecule has 156 valence electrons. The molecule has 8 heteroatoms. The minimum absolute atomic E-state index is 0.0733. The molecule has 0 atom stereocenters. The lowest BCUT2D eigenvalue weighted by molar-refractivity contribution is -0.131. The fourth-order valence-corrected chi connectivity index (χ4v) is 2.61. The molecule has 0 aliphatic rings. The Balaban J connectivity index is 2.60. The Labute approximate surface area is 167 Å². The number of likely N-dealkylation sites (N-methyl/N-ethyl adjacent to an activating group) is 2. The maximum absolute atomic E-state index is 12.3. The van der Waals surface area contributed by atoms with Crippen molar-refractivity contribution in [2.75, 3.05) is 51.7 Å². The Morgan fingerprint density at radius 3 is 2.50 bits per heavy atom. The van der Waals surface area contributed by atoms with Crippen LogP contribution in [0.15, 0.2) is 29.3 Å². The van der Waals surface area contributed by atoms with Gasteiger partial charge >= 0.3 is 0 Å². The first-order valence-electron chi connectivity index (χ1n) is 9.68. The van der Waals surface area contributed by atoms with Gasteiger partial charge in [-0.3, -0.25) is 9.59 Å². The Bertz CT molecular complexity index is 659. The molecule has 28 heavy (non-hydrogen) atoms. The van der Waals surface area contributed by atoms with E-state index in [9.17, 15) is 9.59 Å². The van der Waals surface area contributed by atoms with Gasteiger partial charge in [-0.2, -0.15) is 0 Å². The van der Waals surface area contributed by atoms with E-state index < -0.39 is 0 Å². The highest BCUT2D eigenvalue weighted by molar-refractivity contribution is 5.88. The van der Waals surface area contributed by atoms with Crippen molar-refractivity contribution in [1.29, 1.82) is 0 Å². The first kappa shape index (κ1) is 23.3. The minimum Gasteiger partial charge on any atom is -0.492 e. The highest BCUT2D eigenvalue weighted by atomic mass is 16.5. The molecule has 0 fully saturated rings. The van der Waals surface area contributed by atoms with E-state index >= 15 is 0 Å². The number of ether oxygens (including phenoxy) is 1. The molecule has 0 heterocycles. The summed E-state index contributed by atoms with van der Waals surface area (Å²) in [6.07, 6.45) is 0. The lowest BCUT2D eigenvalue weighted by atomic mass is 10.3. The molecule has 0 spiro atoms. The molecule has 0 saturated heterocycles. The van der Waals surface area contributed by atoms with E-state index in [1.807, 2.05) is 44.9 Å². The van der Waals surface area contributed by atoms with Gasteiger partial charge in [-0.05, 0) is 32.9 Å². The number of hydrogen-bond acceptors (Lipinski definition) is 4. The number of rotatable bonds is 10. The molecule has 0 bridgehead atoms. The monoisotopic (exact) mass is 391 g/mol. The number of carbonyl (C=O) groups is 2. The third-order valence-corrected chi connectivity index (χ3v) is 3.96. The second-order valence-electron chi connectivity index (χ2n) is 6.22. The molecule has 0 aliphatic carbocycles. The summed E-state index contributed by atoms with van der Waals surface area (Å²) in [4.78, 5) is 31.6. The summed E-state index contributed by atoms with van der Waals surface area (Å²) >= 11 is 0. The molecule has 2 N–H and O–H groups in total. The third kappa shape index (κ3) is 8.28. The van der Waals surface area contributed by atoms with E-state index in [-0.39, 0.29) is 18.4 Å². The number of aliphatic imine (C=N–C) groups is 1. The SMILES string of the molecule is CCNC(=NCCOc1cccc(NC(C)=O)c1)N(C)CC(=O)N(CC)CC. The maximum atomic E-state index is 12.3. The van der Waals surface area contributed by atoms with Crippen LogP contribution in [0.2, 0.25) is 0 Å². The maximum Gasteiger partial charge on any atom is 0.242 e. The molecule has 0 radical (unpaired) electrons. The zero-order valence-electron chi connectivity index (χ0n) is 17.6. The molecule has 0 saturated carbocycles. The molecular formula is C20H33N5O3. The van der Waals surface area contributed by atoms with Crippen molar-refractivity contribution in [1.82, 2.24) is 15.1 Å². The van der Waals surface area contributed by atoms with Crippen LogP contribution in [0.25, 0.3) is 0 Å². The Kier molecular flexibility index (Phi) is 10.5. The summed E-state index contributed by atoms with van der Waals surface area (Å²) in [5.41, 5.74) is 0.691. The largest absolute Gasteiger partial charge is 0.492 e. The Morgan fingerprint density at radius 2 is 1.89 bits per heavy atom. The summed E-state index contributed by atoms with van der Waals surface area (Å²) in [5.74, 6) is 1.28. The zero-order valence-corrected chi connectivity index (χ0v) is 17.6. The van der Waals surface area contributed by atoms with Gasteiger partial charge in [-0.1, -0.05) is 6.07 Å². The predicted octanol–water partition coefficient (Wildman–Crippen LogP) is 1.79. The molecule has 1 aromatic rings. The van der Waals surface area contributed by atoms with Gasteiger partial charge in [0.1, 0.15) is 12.4 Å². The molecule has 8 nitrogen and oxygen atoms in total. The van der Waals surface area contributed by atoms with Gasteiger partial charge in [0.25, 0.3) is 0 Å². The van der Waals surface area contributed by atoms with Gasteiger partial charge in [0.15, 0.2) is 5.96 Å². The summed E-state index contributed by atoms with van der Waals surface area (Å²) in [7, 11) is 1.85.